The van der Waals surface area contributed by atoms with E-state index >= 15 is 0 Å². The molecule has 130 valence electrons. The fraction of sp³-hybridized carbons (Fsp3) is 0.471. The topological polar surface area (TPSA) is 95.9 Å². The fourth-order valence-electron chi connectivity index (χ4n) is 2.51. The monoisotopic (exact) mass is 334 g/mol. The third-order valence-corrected chi connectivity index (χ3v) is 3.75. The smallest absolute Gasteiger partial charge is 0.305 e. The molecule has 1 aliphatic heterocycles. The molecule has 0 atom stereocenters. The molecule has 0 fully saturated rings. The Balaban J connectivity index is 2.08. The van der Waals surface area contributed by atoms with Crippen molar-refractivity contribution in [1.82, 2.24) is 5.32 Å². The maximum Gasteiger partial charge on any atom is 0.305 e. The van der Waals surface area contributed by atoms with Crippen LogP contribution in [0.3, 0.4) is 0 Å². The van der Waals surface area contributed by atoms with Gasteiger partial charge in [0.2, 0.25) is 5.91 Å². The first-order chi connectivity index (χ1) is 11.2. The molecule has 0 bridgehead atoms. The Morgan fingerprint density at radius 3 is 2.67 bits per heavy atom. The van der Waals surface area contributed by atoms with Gasteiger partial charge in [-0.2, -0.15) is 0 Å². The van der Waals surface area contributed by atoms with Crippen molar-refractivity contribution in [3.05, 3.63) is 23.8 Å². The van der Waals surface area contributed by atoms with Crippen molar-refractivity contribution in [3.8, 4) is 5.75 Å². The molecule has 7 nitrogen and oxygen atoms in total. The van der Waals surface area contributed by atoms with Crippen molar-refractivity contribution in [2.75, 3.05) is 18.0 Å². The van der Waals surface area contributed by atoms with Gasteiger partial charge in [-0.25, -0.2) is 0 Å². The molecule has 1 aromatic carbocycles. The summed E-state index contributed by atoms with van der Waals surface area (Å²) in [4.78, 5) is 36.5. The predicted octanol–water partition coefficient (Wildman–Crippen LogP) is 1.48. The second-order valence-corrected chi connectivity index (χ2v) is 6.28. The van der Waals surface area contributed by atoms with Crippen molar-refractivity contribution in [2.24, 2.45) is 0 Å². The number of fused-ring (bicyclic) bond motifs is 1. The van der Waals surface area contributed by atoms with Gasteiger partial charge in [-0.15, -0.1) is 0 Å². The maximum absolute atomic E-state index is 12.6. The first kappa shape index (κ1) is 17.8. The molecule has 0 radical (unpaired) electrons. The van der Waals surface area contributed by atoms with Gasteiger partial charge in [0, 0.05) is 19.5 Å². The molecule has 0 aliphatic carbocycles. The number of aliphatic carboxylic acids is 1. The molecule has 1 heterocycles. The zero-order chi connectivity index (χ0) is 17.9. The van der Waals surface area contributed by atoms with E-state index in [-0.39, 0.29) is 37.7 Å². The summed E-state index contributed by atoms with van der Waals surface area (Å²) in [7, 11) is 0. The second-order valence-electron chi connectivity index (χ2n) is 6.28. The van der Waals surface area contributed by atoms with Crippen LogP contribution in [0.2, 0.25) is 0 Å². The summed E-state index contributed by atoms with van der Waals surface area (Å²) in [5.41, 5.74) is 0.639. The Bertz CT molecular complexity index is 669. The van der Waals surface area contributed by atoms with E-state index in [2.05, 4.69) is 5.32 Å². The third kappa shape index (κ3) is 4.04. The number of nitrogens with zero attached hydrogens (tertiary/aromatic N) is 1. The highest BCUT2D eigenvalue weighted by molar-refractivity contribution is 6.02. The first-order valence-electron chi connectivity index (χ1n) is 7.81. The number of carboxylic acid groups (broad SMARTS) is 1. The highest BCUT2D eigenvalue weighted by atomic mass is 16.5. The van der Waals surface area contributed by atoms with Crippen LogP contribution in [-0.4, -0.2) is 41.6 Å². The molecule has 1 aliphatic rings. The lowest BCUT2D eigenvalue weighted by Crippen LogP contribution is -2.53. The largest absolute Gasteiger partial charge is 0.481 e. The standard InChI is InChI=1S/C17H22N2O5/c1-11-4-5-13-12(10-11)19(16(23)17(2,3)24-13)9-7-14(20)18-8-6-15(21)22/h4-5,10H,6-9H2,1-3H3,(H,18,20)(H,21,22). The van der Waals surface area contributed by atoms with Gasteiger partial charge in [-0.1, -0.05) is 6.07 Å². The van der Waals surface area contributed by atoms with Gasteiger partial charge in [0.05, 0.1) is 12.1 Å². The molecule has 0 spiro atoms. The molecule has 0 unspecified atom stereocenters. The Morgan fingerprint density at radius 1 is 1.29 bits per heavy atom. The van der Waals surface area contributed by atoms with Crippen molar-refractivity contribution in [2.45, 2.75) is 39.2 Å². The predicted molar refractivity (Wildman–Crippen MR) is 88.1 cm³/mol. The van der Waals surface area contributed by atoms with Gasteiger partial charge >= 0.3 is 5.97 Å². The maximum atomic E-state index is 12.6. The lowest BCUT2D eigenvalue weighted by atomic mass is 10.0. The normalized spacial score (nSPS) is 15.5. The summed E-state index contributed by atoms with van der Waals surface area (Å²) < 4.78 is 5.76. The number of anilines is 1. The van der Waals surface area contributed by atoms with E-state index in [0.29, 0.717) is 11.4 Å². The number of benzene rings is 1. The summed E-state index contributed by atoms with van der Waals surface area (Å²) in [6.45, 7) is 5.59. The van der Waals surface area contributed by atoms with Crippen LogP contribution in [0.25, 0.3) is 0 Å². The van der Waals surface area contributed by atoms with Crippen LogP contribution in [0.1, 0.15) is 32.3 Å². The molecule has 1 aromatic rings. The summed E-state index contributed by atoms with van der Waals surface area (Å²) in [6, 6.07) is 5.57. The number of hydrogen-bond donors (Lipinski definition) is 2. The van der Waals surface area contributed by atoms with E-state index in [4.69, 9.17) is 9.84 Å². The third-order valence-electron chi connectivity index (χ3n) is 3.75. The minimum Gasteiger partial charge on any atom is -0.481 e. The Kier molecular flexibility index (Phi) is 5.11. The second kappa shape index (κ2) is 6.90. The molecule has 0 saturated heterocycles. The molecular formula is C17H22N2O5. The molecule has 0 aromatic heterocycles. The number of ether oxygens (including phenoxy) is 1. The van der Waals surface area contributed by atoms with E-state index in [9.17, 15) is 14.4 Å². The minimum atomic E-state index is -0.998. The van der Waals surface area contributed by atoms with E-state index in [0.717, 1.165) is 5.56 Å². The van der Waals surface area contributed by atoms with Crippen LogP contribution in [0.4, 0.5) is 5.69 Å². The van der Waals surface area contributed by atoms with Crippen LogP contribution in [0.5, 0.6) is 5.75 Å². The molecule has 24 heavy (non-hydrogen) atoms. The number of amides is 2. The molecular weight excluding hydrogens is 312 g/mol. The van der Waals surface area contributed by atoms with Crippen LogP contribution >= 0.6 is 0 Å². The highest BCUT2D eigenvalue weighted by Gasteiger charge is 2.40. The number of hydrogen-bond acceptors (Lipinski definition) is 4. The van der Waals surface area contributed by atoms with Gasteiger partial charge in [0.1, 0.15) is 5.75 Å². The van der Waals surface area contributed by atoms with Crippen molar-refractivity contribution in [1.29, 1.82) is 0 Å². The summed E-state index contributed by atoms with van der Waals surface area (Å²) in [6.07, 6.45) is -0.0356. The summed E-state index contributed by atoms with van der Waals surface area (Å²) >= 11 is 0. The summed E-state index contributed by atoms with van der Waals surface area (Å²) in [5, 5.41) is 11.1. The van der Waals surface area contributed by atoms with Gasteiger partial charge < -0.3 is 20.1 Å². The Hall–Kier alpha value is -2.57. The lowest BCUT2D eigenvalue weighted by molar-refractivity contribution is -0.137. The molecule has 0 saturated carbocycles. The van der Waals surface area contributed by atoms with Crippen LogP contribution in [0, 0.1) is 6.92 Å². The van der Waals surface area contributed by atoms with E-state index in [1.807, 2.05) is 25.1 Å². The minimum absolute atomic E-state index is 0.0758. The average Bonchev–Trinajstić information content (AvgIpc) is 2.48. The zero-order valence-corrected chi connectivity index (χ0v) is 14.1. The first-order valence-corrected chi connectivity index (χ1v) is 7.81. The van der Waals surface area contributed by atoms with Gasteiger partial charge in [0.15, 0.2) is 5.60 Å². The molecule has 2 amide bonds. The van der Waals surface area contributed by atoms with Crippen molar-refractivity contribution >= 4 is 23.5 Å². The van der Waals surface area contributed by atoms with Gasteiger partial charge in [0.25, 0.3) is 5.91 Å². The quantitative estimate of drug-likeness (QED) is 0.821. The number of aryl methyl sites for hydroxylation is 1. The van der Waals surface area contributed by atoms with Crippen molar-refractivity contribution in [3.63, 3.8) is 0 Å². The number of carboxylic acids is 1. The van der Waals surface area contributed by atoms with Crippen molar-refractivity contribution < 1.29 is 24.2 Å². The van der Waals surface area contributed by atoms with Gasteiger partial charge in [-0.05, 0) is 38.5 Å². The van der Waals surface area contributed by atoms with Crippen LogP contribution < -0.4 is 15.0 Å². The number of carbonyl (C=O) groups is 3. The van der Waals surface area contributed by atoms with E-state index in [1.54, 1.807) is 18.7 Å². The van der Waals surface area contributed by atoms with Crippen LogP contribution in [-0.2, 0) is 14.4 Å². The number of nitrogens with one attached hydrogen (secondary N) is 1. The van der Waals surface area contributed by atoms with Gasteiger partial charge in [-0.3, -0.25) is 14.4 Å². The van der Waals surface area contributed by atoms with Crippen LogP contribution in [0.15, 0.2) is 18.2 Å². The number of rotatable bonds is 6. The van der Waals surface area contributed by atoms with E-state index in [1.165, 1.54) is 0 Å². The molecule has 2 rings (SSSR count). The molecule has 2 N–H and O–H groups in total. The average molecular weight is 334 g/mol. The SMILES string of the molecule is Cc1ccc2c(c1)N(CCC(=O)NCCC(=O)O)C(=O)C(C)(C)O2. The van der Waals surface area contributed by atoms with E-state index < -0.39 is 11.6 Å². The molecule has 7 heteroatoms. The summed E-state index contributed by atoms with van der Waals surface area (Å²) in [5.74, 6) is -0.859. The highest BCUT2D eigenvalue weighted by Crippen LogP contribution is 2.38. The number of carbonyl (C=O) groups excluding carboxylic acids is 2. The fourth-order valence-corrected chi connectivity index (χ4v) is 2.51. The lowest BCUT2D eigenvalue weighted by Gasteiger charge is -2.38. The Labute approximate surface area is 140 Å². The zero-order valence-electron chi connectivity index (χ0n) is 14.1. The Morgan fingerprint density at radius 2 is 2.00 bits per heavy atom.